The fraction of sp³-hybridized carbons (Fsp3) is 0. The van der Waals surface area contributed by atoms with Crippen LogP contribution in [0.5, 0.6) is 0 Å². The van der Waals surface area contributed by atoms with Crippen LogP contribution in [0.4, 0.5) is 0 Å². The maximum Gasteiger partial charge on any atom is 0.162 e. The molecule has 5 nitrogen and oxygen atoms in total. The molecular weight excluding hydrogens is 262 g/mol. The van der Waals surface area contributed by atoms with Crippen LogP contribution in [0.1, 0.15) is 0 Å². The summed E-state index contributed by atoms with van der Waals surface area (Å²) in [7, 11) is 0. The van der Waals surface area contributed by atoms with Gasteiger partial charge in [0.15, 0.2) is 5.82 Å². The van der Waals surface area contributed by atoms with E-state index < -0.39 is 0 Å². The van der Waals surface area contributed by atoms with Crippen molar-refractivity contribution in [1.82, 2.24) is 24.5 Å². The molecule has 2 aromatic heterocycles. The van der Waals surface area contributed by atoms with Crippen molar-refractivity contribution < 1.29 is 0 Å². The van der Waals surface area contributed by atoms with Crippen molar-refractivity contribution in [2.45, 2.75) is 0 Å². The highest BCUT2D eigenvalue weighted by molar-refractivity contribution is 5.88. The summed E-state index contributed by atoms with van der Waals surface area (Å²) in [5.41, 5.74) is 2.06. The topological polar surface area (TPSA) is 56.5 Å². The molecule has 0 bridgehead atoms. The third-order valence-electron chi connectivity index (χ3n) is 3.38. The Morgan fingerprint density at radius 3 is 2.48 bits per heavy atom. The second-order valence-electron chi connectivity index (χ2n) is 4.68. The molecule has 21 heavy (non-hydrogen) atoms. The Hall–Kier alpha value is -3.08. The van der Waals surface area contributed by atoms with Gasteiger partial charge in [-0.15, -0.1) is 0 Å². The summed E-state index contributed by atoms with van der Waals surface area (Å²) in [6.07, 6.45) is 8.50. The Kier molecular flexibility index (Phi) is 2.67. The lowest BCUT2D eigenvalue weighted by atomic mass is 10.1. The van der Waals surface area contributed by atoms with Crippen molar-refractivity contribution in [3.63, 3.8) is 0 Å². The molecule has 0 amide bonds. The lowest BCUT2D eigenvalue weighted by Crippen LogP contribution is -1.91. The van der Waals surface area contributed by atoms with Crippen LogP contribution in [-0.4, -0.2) is 24.5 Å². The van der Waals surface area contributed by atoms with E-state index in [4.69, 9.17) is 0 Å². The molecule has 0 spiro atoms. The molecule has 2 aromatic carbocycles. The third-order valence-corrected chi connectivity index (χ3v) is 3.38. The molecule has 0 radical (unpaired) electrons. The van der Waals surface area contributed by atoms with Crippen molar-refractivity contribution in [3.05, 3.63) is 67.8 Å². The van der Waals surface area contributed by atoms with E-state index in [2.05, 4.69) is 50.3 Å². The minimum absolute atomic E-state index is 0.680. The zero-order chi connectivity index (χ0) is 14.1. The molecule has 0 fully saturated rings. The van der Waals surface area contributed by atoms with Gasteiger partial charge in [-0.3, -0.25) is 0 Å². The minimum Gasteiger partial charge on any atom is -0.306 e. The standard InChI is InChI=1S/C16H11N5/c1-2-13(16-19-9-18-10-20-16)7-14-8-15(4-3-12(1)14)21-6-5-17-11-21/h1-11H. The quantitative estimate of drug-likeness (QED) is 0.563. The van der Waals surface area contributed by atoms with Gasteiger partial charge < -0.3 is 4.57 Å². The summed E-state index contributed by atoms with van der Waals surface area (Å²) < 4.78 is 1.98. The number of nitrogens with zero attached hydrogens (tertiary/aromatic N) is 5. The first-order valence-electron chi connectivity index (χ1n) is 6.55. The second kappa shape index (κ2) is 4.79. The maximum absolute atomic E-state index is 4.19. The molecule has 0 aliphatic heterocycles. The summed E-state index contributed by atoms with van der Waals surface area (Å²) in [6, 6.07) is 12.5. The lowest BCUT2D eigenvalue weighted by Gasteiger charge is -2.06. The first-order valence-corrected chi connectivity index (χ1v) is 6.55. The van der Waals surface area contributed by atoms with E-state index in [1.165, 1.54) is 18.0 Å². The molecule has 4 rings (SSSR count). The normalized spacial score (nSPS) is 10.9. The first-order chi connectivity index (χ1) is 10.4. The predicted octanol–water partition coefficient (Wildman–Crippen LogP) is 2.88. The Balaban J connectivity index is 1.86. The molecule has 100 valence electrons. The van der Waals surface area contributed by atoms with Crippen LogP contribution >= 0.6 is 0 Å². The molecule has 2 heterocycles. The van der Waals surface area contributed by atoms with Gasteiger partial charge in [0.2, 0.25) is 0 Å². The fourth-order valence-corrected chi connectivity index (χ4v) is 2.33. The molecular formula is C16H11N5. The highest BCUT2D eigenvalue weighted by atomic mass is 15.0. The van der Waals surface area contributed by atoms with Crippen molar-refractivity contribution in [3.8, 4) is 17.1 Å². The lowest BCUT2D eigenvalue weighted by molar-refractivity contribution is 1.06. The van der Waals surface area contributed by atoms with Gasteiger partial charge in [0.25, 0.3) is 0 Å². The Labute approximate surface area is 121 Å². The molecule has 0 saturated carbocycles. The van der Waals surface area contributed by atoms with Crippen molar-refractivity contribution in [2.24, 2.45) is 0 Å². The Morgan fingerprint density at radius 2 is 1.67 bits per heavy atom. The summed E-state index contributed by atoms with van der Waals surface area (Å²) in [6.45, 7) is 0. The van der Waals surface area contributed by atoms with Gasteiger partial charge in [-0.2, -0.15) is 0 Å². The molecule has 0 unspecified atom stereocenters. The zero-order valence-electron chi connectivity index (χ0n) is 11.1. The van der Waals surface area contributed by atoms with Gasteiger partial charge in [-0.25, -0.2) is 19.9 Å². The van der Waals surface area contributed by atoms with Gasteiger partial charge >= 0.3 is 0 Å². The molecule has 4 aromatic rings. The molecule has 0 aliphatic rings. The monoisotopic (exact) mass is 273 g/mol. The smallest absolute Gasteiger partial charge is 0.162 e. The van der Waals surface area contributed by atoms with E-state index in [0.29, 0.717) is 5.82 Å². The number of aromatic nitrogens is 5. The maximum atomic E-state index is 4.19. The van der Waals surface area contributed by atoms with E-state index in [1.54, 1.807) is 12.5 Å². The number of imidazole rings is 1. The van der Waals surface area contributed by atoms with Gasteiger partial charge in [0.1, 0.15) is 12.7 Å². The van der Waals surface area contributed by atoms with E-state index in [0.717, 1.165) is 16.6 Å². The average molecular weight is 273 g/mol. The van der Waals surface area contributed by atoms with Crippen LogP contribution in [0.15, 0.2) is 67.8 Å². The summed E-state index contributed by atoms with van der Waals surface area (Å²) >= 11 is 0. The highest BCUT2D eigenvalue weighted by Gasteiger charge is 2.03. The van der Waals surface area contributed by atoms with Crippen LogP contribution in [0, 0.1) is 0 Å². The van der Waals surface area contributed by atoms with Crippen LogP contribution in [0.2, 0.25) is 0 Å². The second-order valence-corrected chi connectivity index (χ2v) is 4.68. The van der Waals surface area contributed by atoms with E-state index >= 15 is 0 Å². The van der Waals surface area contributed by atoms with Crippen LogP contribution in [0.25, 0.3) is 27.8 Å². The highest BCUT2D eigenvalue weighted by Crippen LogP contribution is 2.23. The zero-order valence-corrected chi connectivity index (χ0v) is 11.1. The van der Waals surface area contributed by atoms with Crippen molar-refractivity contribution in [1.29, 1.82) is 0 Å². The number of hydrogen-bond donors (Lipinski definition) is 0. The fourth-order valence-electron chi connectivity index (χ4n) is 2.33. The van der Waals surface area contributed by atoms with Crippen molar-refractivity contribution >= 4 is 10.8 Å². The predicted molar refractivity (Wildman–Crippen MR) is 79.9 cm³/mol. The van der Waals surface area contributed by atoms with Crippen LogP contribution in [0.3, 0.4) is 0 Å². The Morgan fingerprint density at radius 1 is 0.810 bits per heavy atom. The Bertz CT molecular complexity index is 885. The van der Waals surface area contributed by atoms with E-state index in [1.807, 2.05) is 16.8 Å². The summed E-state index contributed by atoms with van der Waals surface area (Å²) in [4.78, 5) is 16.3. The molecule has 0 saturated heterocycles. The average Bonchev–Trinajstić information content (AvgIpc) is 3.09. The largest absolute Gasteiger partial charge is 0.306 e. The number of benzene rings is 2. The summed E-state index contributed by atoms with van der Waals surface area (Å²) in [5.74, 6) is 0.680. The minimum atomic E-state index is 0.680. The SMILES string of the molecule is c1cn(-c2ccc3ccc(-c4ncncn4)cc3c2)cn1. The van der Waals surface area contributed by atoms with Gasteiger partial charge in [0, 0.05) is 23.6 Å². The van der Waals surface area contributed by atoms with Gasteiger partial charge in [0.05, 0.1) is 6.33 Å². The van der Waals surface area contributed by atoms with Crippen LogP contribution < -0.4 is 0 Å². The molecule has 5 heteroatoms. The van der Waals surface area contributed by atoms with Crippen LogP contribution in [-0.2, 0) is 0 Å². The molecule has 0 atom stereocenters. The number of hydrogen-bond acceptors (Lipinski definition) is 4. The van der Waals surface area contributed by atoms with Gasteiger partial charge in [-0.1, -0.05) is 18.2 Å². The number of rotatable bonds is 2. The van der Waals surface area contributed by atoms with E-state index in [-0.39, 0.29) is 0 Å². The van der Waals surface area contributed by atoms with Gasteiger partial charge in [-0.05, 0) is 29.0 Å². The molecule has 0 N–H and O–H groups in total. The number of fused-ring (bicyclic) bond motifs is 1. The first kappa shape index (κ1) is 11.7. The summed E-state index contributed by atoms with van der Waals surface area (Å²) in [5, 5.41) is 2.32. The van der Waals surface area contributed by atoms with E-state index in [9.17, 15) is 0 Å². The van der Waals surface area contributed by atoms with Crippen molar-refractivity contribution in [2.75, 3.05) is 0 Å². The molecule has 0 aliphatic carbocycles. The third kappa shape index (κ3) is 2.14.